The number of carboxylic acids is 2. The van der Waals surface area contributed by atoms with Gasteiger partial charge in [-0.1, -0.05) is 18.2 Å². The summed E-state index contributed by atoms with van der Waals surface area (Å²) >= 11 is 0. The summed E-state index contributed by atoms with van der Waals surface area (Å²) < 4.78 is 0. The van der Waals surface area contributed by atoms with Crippen LogP contribution in [0.2, 0.25) is 0 Å². The van der Waals surface area contributed by atoms with E-state index in [9.17, 15) is 91.4 Å². The molecule has 45 nitrogen and oxygen atoms in total. The monoisotopic (exact) mass is 1650 g/mol. The van der Waals surface area contributed by atoms with Gasteiger partial charge < -0.3 is 133 Å². The van der Waals surface area contributed by atoms with E-state index in [0.717, 1.165) is 16.2 Å². The Kier molecular flexibility index (Phi) is 39.2. The Morgan fingerprint density at radius 2 is 0.915 bits per heavy atom. The molecule has 0 unspecified atom stereocenters. The number of carboxylic acid groups (broad SMARTS) is 2. The Labute approximate surface area is 673 Å². The number of likely N-dealkylation sites (tertiary alicyclic amines) is 2. The number of nitrogens with zero attached hydrogens (tertiary/aromatic N) is 2. The zero-order chi connectivity index (χ0) is 86.6. The molecule has 0 bridgehead atoms. The number of H-pyrrole nitrogens is 1. The van der Waals surface area contributed by atoms with Gasteiger partial charge in [-0.25, -0.2) is 0 Å². The van der Waals surface area contributed by atoms with Crippen LogP contribution in [0.3, 0.4) is 0 Å². The van der Waals surface area contributed by atoms with Gasteiger partial charge in [-0.3, -0.25) is 97.1 Å². The summed E-state index contributed by atoms with van der Waals surface area (Å²) in [5, 5.41) is 72.9. The van der Waals surface area contributed by atoms with Crippen LogP contribution in [0, 0.1) is 10.8 Å². The van der Waals surface area contributed by atoms with Gasteiger partial charge in [0.15, 0.2) is 11.9 Å². The first-order chi connectivity index (χ1) is 55.5. The van der Waals surface area contributed by atoms with Crippen molar-refractivity contribution in [3.63, 3.8) is 0 Å². The molecule has 5 rings (SSSR count). The number of carbonyl (C=O) groups excluding carboxylic acids is 16. The third kappa shape index (κ3) is 32.1. The quantitative estimate of drug-likeness (QED) is 0.0166. The molecule has 2 aromatic rings. The molecular formula is C72H113N25O20. The number of aromatic nitrogens is 1. The Bertz CT molecular complexity index is 3910. The molecule has 0 spiro atoms. The molecule has 3 fully saturated rings. The number of fused-ring (bicyclic) bond motifs is 1. The second kappa shape index (κ2) is 48.1. The molecule has 16 amide bonds. The van der Waals surface area contributed by atoms with Crippen molar-refractivity contribution in [3.05, 3.63) is 36.0 Å². The number of hydrogen-bond donors (Lipinski definition) is 25. The number of carbonyl (C=O) groups is 18. The number of nitrogens with two attached hydrogens (primary N) is 5. The molecule has 117 heavy (non-hydrogen) atoms. The Balaban J connectivity index is 1.28. The van der Waals surface area contributed by atoms with Crippen LogP contribution in [-0.2, 0) is 92.7 Å². The number of unbranched alkanes of at least 4 members (excludes halogenated alkanes) is 1. The van der Waals surface area contributed by atoms with Crippen LogP contribution in [-0.4, -0.2) is 274 Å². The van der Waals surface area contributed by atoms with Crippen LogP contribution < -0.4 is 108 Å². The molecule has 0 radical (unpaired) electrons. The summed E-state index contributed by atoms with van der Waals surface area (Å²) in [6.45, 7) is 3.07. The SMILES string of the molecule is C[C@H](NC(=O)[C@H](CCCNC(=N)N)NC(=O)CNC(=O)[C@H](CCC(=O)O)NC(=O)[C@@H]1CCCN1C(=O)[C@H](CCC(N)=O)NC(=O)[C@H](CCCNC(=N)N)NC(=O)[C@H](C)NC(=O)[C@H](CCCCN)NC(=O)[C@@H]1CCCN1)C(=O)N[C@@H](Cc1c[nH]c2ccccc12)C(=O)N[C@@H](C)C(=O)N[C@@H](CCC(N)=O)C(=O)N1CCC[C@H]1C(=O)NCC(=O)O. The number of nitrogens with one attached hydrogen (secondary N) is 18. The molecule has 1 aromatic carbocycles. The fraction of sp³-hybridized carbons (Fsp3) is 0.611. The smallest absolute Gasteiger partial charge is 0.322 e. The van der Waals surface area contributed by atoms with Gasteiger partial charge in [-0.05, 0) is 148 Å². The van der Waals surface area contributed by atoms with Crippen LogP contribution in [0.25, 0.3) is 10.9 Å². The van der Waals surface area contributed by atoms with Crippen molar-refractivity contribution >= 4 is 129 Å². The maximum Gasteiger partial charge on any atom is 0.322 e. The van der Waals surface area contributed by atoms with E-state index < -0.39 is 242 Å². The highest BCUT2D eigenvalue weighted by Crippen LogP contribution is 2.24. The van der Waals surface area contributed by atoms with E-state index in [4.69, 9.17) is 44.6 Å². The lowest BCUT2D eigenvalue weighted by atomic mass is 10.0. The zero-order valence-electron chi connectivity index (χ0n) is 65.7. The first-order valence-corrected chi connectivity index (χ1v) is 38.8. The molecule has 45 heteroatoms. The molecule has 3 aliphatic rings. The first-order valence-electron chi connectivity index (χ1n) is 38.8. The highest BCUT2D eigenvalue weighted by molar-refractivity contribution is 6.01. The van der Waals surface area contributed by atoms with Gasteiger partial charge >= 0.3 is 11.9 Å². The van der Waals surface area contributed by atoms with Gasteiger partial charge in [0.05, 0.1) is 12.6 Å². The van der Waals surface area contributed by atoms with Crippen molar-refractivity contribution in [2.75, 3.05) is 52.4 Å². The van der Waals surface area contributed by atoms with Gasteiger partial charge in [0.25, 0.3) is 0 Å². The van der Waals surface area contributed by atoms with Crippen molar-refractivity contribution in [2.24, 2.45) is 28.7 Å². The predicted molar refractivity (Wildman–Crippen MR) is 417 cm³/mol. The molecule has 0 aliphatic carbocycles. The van der Waals surface area contributed by atoms with E-state index in [-0.39, 0.29) is 90.4 Å². The van der Waals surface area contributed by atoms with Crippen LogP contribution in [0.5, 0.6) is 0 Å². The second-order valence-corrected chi connectivity index (χ2v) is 28.8. The summed E-state index contributed by atoms with van der Waals surface area (Å²) in [6.07, 6.45) is 1.31. The molecule has 3 aliphatic heterocycles. The van der Waals surface area contributed by atoms with Crippen LogP contribution in [0.15, 0.2) is 30.5 Å². The number of rotatable bonds is 50. The fourth-order valence-electron chi connectivity index (χ4n) is 13.3. The molecule has 4 heterocycles. The Hall–Kier alpha value is -12.3. The summed E-state index contributed by atoms with van der Waals surface area (Å²) in [6, 6.07) is -10.7. The third-order valence-corrected chi connectivity index (χ3v) is 19.6. The standard InChI is InChI=1S/C72H113N25O20/c1-37(87-64(111)45(15-6-7-27-73)91-62(109)43-16-8-28-80-43)58(105)90-46(18-10-30-82-72(78)79)65(112)94-49(22-25-54(75)99)70(117)97-32-12-20-52(97)68(115)92-47(23-26-56(101)102)61(108)84-35-55(100)89-44(17-9-29-81-71(76)77)63(110)86-39(3)60(107)95-50(33-40-34-83-42-14-5-4-13-41(40)42)66(113)88-38(2)59(106)93-48(21-24-53(74)98)69(116)96-31-11-19-51(96)67(114)85-36-57(103)104/h4-5,13-14,34,37-39,43-52,80,83H,6-12,15-33,35-36,73H2,1-3H3,(H2,74,98)(H2,75,99)(H,84,108)(H,85,114)(H,86,110)(H,87,111)(H,88,113)(H,89,100)(H,90,105)(H,91,109)(H,92,115)(H,93,106)(H,94,112)(H,95,107)(H,101,102)(H,103,104)(H4,76,77,81)(H4,78,79,82)/t37-,38-,39-,43-,44-,45-,46-,47-,48-,49-,50-,51-,52-/m0/s1. The average Bonchev–Trinajstić information content (AvgIpc) is 1.71. The lowest BCUT2D eigenvalue weighted by molar-refractivity contribution is -0.143. The van der Waals surface area contributed by atoms with E-state index in [0.29, 0.717) is 55.2 Å². The number of benzene rings is 1. The van der Waals surface area contributed by atoms with Crippen molar-refractivity contribution in [1.29, 1.82) is 10.8 Å². The van der Waals surface area contributed by atoms with Gasteiger partial charge in [-0.15, -0.1) is 0 Å². The number of hydrogen-bond acceptors (Lipinski definition) is 22. The van der Waals surface area contributed by atoms with Gasteiger partial charge in [0.2, 0.25) is 94.5 Å². The number of aromatic amines is 1. The zero-order valence-corrected chi connectivity index (χ0v) is 65.7. The molecule has 13 atom stereocenters. The molecule has 30 N–H and O–H groups in total. The predicted octanol–water partition coefficient (Wildman–Crippen LogP) is -8.28. The Morgan fingerprint density at radius 1 is 0.462 bits per heavy atom. The van der Waals surface area contributed by atoms with Crippen molar-refractivity contribution in [2.45, 2.75) is 228 Å². The maximum absolute atomic E-state index is 14.7. The molecule has 3 saturated heterocycles. The topological polar surface area (TPSA) is 728 Å². The van der Waals surface area contributed by atoms with E-state index in [1.54, 1.807) is 30.5 Å². The number of aliphatic carboxylic acids is 2. The first kappa shape index (κ1) is 95.3. The minimum atomic E-state index is -1.71. The molecule has 1 aromatic heterocycles. The number of primary amides is 2. The average molecular weight is 1650 g/mol. The fourth-order valence-corrected chi connectivity index (χ4v) is 13.3. The van der Waals surface area contributed by atoms with E-state index in [1.165, 1.54) is 20.8 Å². The second-order valence-electron chi connectivity index (χ2n) is 28.8. The van der Waals surface area contributed by atoms with E-state index in [2.05, 4.69) is 84.7 Å². The molecule has 0 saturated carbocycles. The third-order valence-electron chi connectivity index (χ3n) is 19.6. The number of amides is 16. The lowest BCUT2D eigenvalue weighted by Gasteiger charge is -2.31. The van der Waals surface area contributed by atoms with Crippen molar-refractivity contribution < 1.29 is 96.5 Å². The normalized spacial score (nSPS) is 17.5. The minimum Gasteiger partial charge on any atom is -0.481 e. The highest BCUT2D eigenvalue weighted by Gasteiger charge is 2.42. The van der Waals surface area contributed by atoms with Gasteiger partial charge in [0.1, 0.15) is 79.0 Å². The summed E-state index contributed by atoms with van der Waals surface area (Å²) in [5.74, 6) is -17.7. The van der Waals surface area contributed by atoms with Crippen LogP contribution >= 0.6 is 0 Å². The number of para-hydroxylation sites is 1. The Morgan fingerprint density at radius 3 is 1.42 bits per heavy atom. The molecular weight excluding hydrogens is 1530 g/mol. The lowest BCUT2D eigenvalue weighted by Crippen LogP contribution is -2.59. The van der Waals surface area contributed by atoms with Gasteiger partial charge in [0, 0.05) is 69.0 Å². The van der Waals surface area contributed by atoms with Crippen molar-refractivity contribution in [1.82, 2.24) is 94.5 Å². The van der Waals surface area contributed by atoms with E-state index >= 15 is 0 Å². The van der Waals surface area contributed by atoms with Crippen molar-refractivity contribution in [3.8, 4) is 0 Å². The highest BCUT2D eigenvalue weighted by atomic mass is 16.4. The number of guanidine groups is 2. The minimum absolute atomic E-state index is 0.00904. The maximum atomic E-state index is 14.7. The largest absolute Gasteiger partial charge is 0.481 e. The van der Waals surface area contributed by atoms with Crippen LogP contribution in [0.1, 0.15) is 148 Å². The van der Waals surface area contributed by atoms with E-state index in [1.807, 2.05) is 0 Å². The van der Waals surface area contributed by atoms with Gasteiger partial charge in [-0.2, -0.15) is 0 Å². The molecule has 646 valence electrons. The summed E-state index contributed by atoms with van der Waals surface area (Å²) in [7, 11) is 0. The van der Waals surface area contributed by atoms with Crippen LogP contribution in [0.4, 0.5) is 0 Å². The summed E-state index contributed by atoms with van der Waals surface area (Å²) in [5.41, 5.74) is 28.7. The summed E-state index contributed by atoms with van der Waals surface area (Å²) in [4.78, 5) is 248.